The third-order valence-corrected chi connectivity index (χ3v) is 6.18. The fraction of sp³-hybridized carbons (Fsp3) is 0.280. The molecule has 1 aliphatic heterocycles. The Morgan fingerprint density at radius 1 is 0.938 bits per heavy atom. The molecule has 3 aromatic carbocycles. The fourth-order valence-corrected chi connectivity index (χ4v) is 4.44. The Bertz CT molecular complexity index is 1270. The van der Waals surface area contributed by atoms with E-state index < -0.39 is 0 Å². The van der Waals surface area contributed by atoms with E-state index in [4.69, 9.17) is 4.74 Å². The number of anilines is 1. The minimum Gasteiger partial charge on any atom is -0.495 e. The summed E-state index contributed by atoms with van der Waals surface area (Å²) < 4.78 is 7.21. The van der Waals surface area contributed by atoms with Crippen LogP contribution in [0.3, 0.4) is 0 Å². The number of para-hydroxylation sites is 2. The summed E-state index contributed by atoms with van der Waals surface area (Å²) in [6.45, 7) is 4.67. The van der Waals surface area contributed by atoms with Crippen LogP contribution in [0.4, 0.5) is 5.69 Å². The Morgan fingerprint density at radius 3 is 2.50 bits per heavy atom. The lowest BCUT2D eigenvalue weighted by molar-refractivity contribution is 0.258. The number of H-pyrrole nitrogens is 1. The van der Waals surface area contributed by atoms with Gasteiger partial charge >= 0.3 is 5.69 Å². The summed E-state index contributed by atoms with van der Waals surface area (Å²) >= 11 is 0. The molecule has 164 valence electrons. The number of nitrogens with zero attached hydrogens (tertiary/aromatic N) is 4. The van der Waals surface area contributed by atoms with Gasteiger partial charge in [-0.3, -0.25) is 4.90 Å². The largest absolute Gasteiger partial charge is 0.495 e. The summed E-state index contributed by atoms with van der Waals surface area (Å²) in [5.41, 5.74) is 1.79. The zero-order chi connectivity index (χ0) is 21.9. The van der Waals surface area contributed by atoms with Crippen LogP contribution in [0.2, 0.25) is 0 Å². The maximum Gasteiger partial charge on any atom is 0.347 e. The molecule has 1 saturated heterocycles. The van der Waals surface area contributed by atoms with Crippen LogP contribution in [0.15, 0.2) is 71.5 Å². The highest BCUT2D eigenvalue weighted by Crippen LogP contribution is 2.28. The number of methoxy groups -OCH3 is 1. The number of fused-ring (bicyclic) bond motifs is 1. The first-order chi connectivity index (χ1) is 15.7. The first-order valence-corrected chi connectivity index (χ1v) is 11.0. The number of ether oxygens (including phenoxy) is 1. The van der Waals surface area contributed by atoms with Crippen LogP contribution >= 0.6 is 0 Å². The maximum atomic E-state index is 12.5. The van der Waals surface area contributed by atoms with Gasteiger partial charge in [0.05, 0.1) is 18.5 Å². The second-order valence-electron chi connectivity index (χ2n) is 8.06. The first kappa shape index (κ1) is 20.3. The highest BCUT2D eigenvalue weighted by molar-refractivity contribution is 5.84. The van der Waals surface area contributed by atoms with E-state index in [2.05, 4.69) is 38.2 Å². The van der Waals surface area contributed by atoms with Crippen LogP contribution in [-0.4, -0.2) is 59.5 Å². The summed E-state index contributed by atoms with van der Waals surface area (Å²) in [5.74, 6) is 1.68. The van der Waals surface area contributed by atoms with Crippen molar-refractivity contribution in [3.63, 3.8) is 0 Å². The Balaban J connectivity index is 1.26. The average Bonchev–Trinajstić information content (AvgIpc) is 3.23. The molecule has 5 rings (SSSR count). The number of aromatic nitrogens is 3. The molecule has 0 bridgehead atoms. The summed E-state index contributed by atoms with van der Waals surface area (Å²) in [6, 6.07) is 22.4. The Hall–Kier alpha value is -3.58. The summed E-state index contributed by atoms with van der Waals surface area (Å²) in [4.78, 5) is 17.3. The van der Waals surface area contributed by atoms with E-state index in [1.54, 1.807) is 11.7 Å². The molecule has 1 fully saturated rings. The number of hydrogen-bond acceptors (Lipinski definition) is 5. The van der Waals surface area contributed by atoms with E-state index in [0.29, 0.717) is 6.42 Å². The van der Waals surface area contributed by atoms with Gasteiger partial charge in [0.2, 0.25) is 0 Å². The van der Waals surface area contributed by atoms with Gasteiger partial charge < -0.3 is 9.64 Å². The molecule has 1 N–H and O–H groups in total. The van der Waals surface area contributed by atoms with Gasteiger partial charge in [-0.25, -0.2) is 14.5 Å². The quantitative estimate of drug-likeness (QED) is 0.510. The Labute approximate surface area is 186 Å². The molecular formula is C25H27N5O2. The predicted molar refractivity (Wildman–Crippen MR) is 127 cm³/mol. The normalized spacial score (nSPS) is 14.7. The molecule has 0 saturated carbocycles. The zero-order valence-electron chi connectivity index (χ0n) is 18.2. The van der Waals surface area contributed by atoms with Crippen molar-refractivity contribution in [3.05, 3.63) is 83.0 Å². The molecule has 7 nitrogen and oxygen atoms in total. The van der Waals surface area contributed by atoms with E-state index in [0.717, 1.165) is 66.4 Å². The SMILES string of the molecule is COc1ccccc1N1CCN(CCc2n[nH]c(=O)n2-c2ccc3ccccc3c2)CC1. The third-order valence-electron chi connectivity index (χ3n) is 6.18. The smallest absolute Gasteiger partial charge is 0.347 e. The molecule has 4 aromatic rings. The Morgan fingerprint density at radius 2 is 1.69 bits per heavy atom. The lowest BCUT2D eigenvalue weighted by Crippen LogP contribution is -2.47. The van der Waals surface area contributed by atoms with E-state index >= 15 is 0 Å². The van der Waals surface area contributed by atoms with Gasteiger partial charge in [0.1, 0.15) is 11.6 Å². The Kier molecular flexibility index (Phi) is 5.64. The molecule has 0 atom stereocenters. The van der Waals surface area contributed by atoms with Crippen LogP contribution in [0, 0.1) is 0 Å². The second-order valence-corrected chi connectivity index (χ2v) is 8.06. The molecule has 1 aliphatic rings. The van der Waals surface area contributed by atoms with Crippen LogP contribution in [0.25, 0.3) is 16.5 Å². The van der Waals surface area contributed by atoms with Crippen molar-refractivity contribution < 1.29 is 4.74 Å². The van der Waals surface area contributed by atoms with Crippen molar-refractivity contribution in [1.82, 2.24) is 19.7 Å². The van der Waals surface area contributed by atoms with Crippen LogP contribution in [0.1, 0.15) is 5.82 Å². The van der Waals surface area contributed by atoms with Gasteiger partial charge in [0, 0.05) is 39.1 Å². The minimum absolute atomic E-state index is 0.198. The molecule has 0 aliphatic carbocycles. The van der Waals surface area contributed by atoms with Crippen LogP contribution in [-0.2, 0) is 6.42 Å². The topological polar surface area (TPSA) is 66.4 Å². The van der Waals surface area contributed by atoms with Gasteiger partial charge in [-0.1, -0.05) is 42.5 Å². The first-order valence-electron chi connectivity index (χ1n) is 11.0. The van der Waals surface area contributed by atoms with Crippen molar-refractivity contribution >= 4 is 16.5 Å². The molecule has 0 radical (unpaired) electrons. The third kappa shape index (κ3) is 3.99. The average molecular weight is 430 g/mol. The summed E-state index contributed by atoms with van der Waals surface area (Å²) in [6.07, 6.45) is 0.709. The van der Waals surface area contributed by atoms with Gasteiger partial charge in [-0.05, 0) is 35.0 Å². The van der Waals surface area contributed by atoms with Gasteiger partial charge in [0.15, 0.2) is 0 Å². The zero-order valence-corrected chi connectivity index (χ0v) is 18.2. The van der Waals surface area contributed by atoms with Crippen molar-refractivity contribution in [1.29, 1.82) is 0 Å². The number of aromatic amines is 1. The highest BCUT2D eigenvalue weighted by atomic mass is 16.5. The van der Waals surface area contributed by atoms with Crippen LogP contribution < -0.4 is 15.3 Å². The predicted octanol–water partition coefficient (Wildman–Crippen LogP) is 3.09. The second kappa shape index (κ2) is 8.88. The maximum absolute atomic E-state index is 12.5. The molecule has 7 heteroatoms. The van der Waals surface area contributed by atoms with Gasteiger partial charge in [-0.15, -0.1) is 0 Å². The molecule has 32 heavy (non-hydrogen) atoms. The fourth-order valence-electron chi connectivity index (χ4n) is 4.44. The van der Waals surface area contributed by atoms with Crippen molar-refractivity contribution in [3.8, 4) is 11.4 Å². The lowest BCUT2D eigenvalue weighted by atomic mass is 10.1. The summed E-state index contributed by atoms with van der Waals surface area (Å²) in [7, 11) is 1.72. The molecule has 2 heterocycles. The van der Waals surface area contributed by atoms with E-state index in [1.165, 1.54) is 0 Å². The standard InChI is InChI=1S/C25H27N5O2/c1-32-23-9-5-4-8-22(23)29-16-14-28(15-17-29)13-12-24-26-27-25(31)30(24)21-11-10-19-6-2-3-7-20(19)18-21/h2-11,18H,12-17H2,1H3,(H,27,31). The number of hydrogen-bond donors (Lipinski definition) is 1. The monoisotopic (exact) mass is 429 g/mol. The molecule has 0 unspecified atom stereocenters. The lowest BCUT2D eigenvalue weighted by Gasteiger charge is -2.36. The van der Waals surface area contributed by atoms with E-state index in [1.807, 2.05) is 48.5 Å². The van der Waals surface area contributed by atoms with Crippen molar-refractivity contribution in [2.75, 3.05) is 44.7 Å². The van der Waals surface area contributed by atoms with Crippen molar-refractivity contribution in [2.24, 2.45) is 0 Å². The summed E-state index contributed by atoms with van der Waals surface area (Å²) in [5, 5.41) is 9.21. The number of piperazine rings is 1. The van der Waals surface area contributed by atoms with Crippen molar-refractivity contribution in [2.45, 2.75) is 6.42 Å². The number of benzene rings is 3. The van der Waals surface area contributed by atoms with Crippen LogP contribution in [0.5, 0.6) is 5.75 Å². The minimum atomic E-state index is -0.198. The molecule has 0 amide bonds. The highest BCUT2D eigenvalue weighted by Gasteiger charge is 2.20. The van der Waals surface area contributed by atoms with Gasteiger partial charge in [-0.2, -0.15) is 5.10 Å². The van der Waals surface area contributed by atoms with E-state index in [-0.39, 0.29) is 5.69 Å². The molecule has 0 spiro atoms. The molecular weight excluding hydrogens is 402 g/mol. The van der Waals surface area contributed by atoms with E-state index in [9.17, 15) is 4.79 Å². The number of rotatable bonds is 6. The number of nitrogens with one attached hydrogen (secondary N) is 1. The molecule has 1 aromatic heterocycles. The van der Waals surface area contributed by atoms with Gasteiger partial charge in [0.25, 0.3) is 0 Å².